The Kier molecular flexibility index (Phi) is 4.57. The Labute approximate surface area is 139 Å². The molecule has 2 aromatic carbocycles. The molecule has 0 aliphatic heterocycles. The number of benzene rings is 2. The average molecular weight is 326 g/mol. The zero-order valence-corrected chi connectivity index (χ0v) is 14.0. The molecule has 0 bridgehead atoms. The summed E-state index contributed by atoms with van der Waals surface area (Å²) in [6.45, 7) is 2.97. The van der Waals surface area contributed by atoms with Gasteiger partial charge in [0.05, 0.1) is 21.8 Å². The Morgan fingerprint density at radius 3 is 2.78 bits per heavy atom. The van der Waals surface area contributed by atoms with Crippen LogP contribution in [0.2, 0.25) is 0 Å². The number of hydrogen-bond acceptors (Lipinski definition) is 4. The lowest BCUT2D eigenvalue weighted by molar-refractivity contribution is 0.0774. The summed E-state index contributed by atoms with van der Waals surface area (Å²) in [5.41, 5.74) is 1.63. The fraction of sp³-hybridized carbons (Fsp3) is 0.222. The predicted octanol–water partition coefficient (Wildman–Crippen LogP) is 3.76. The summed E-state index contributed by atoms with van der Waals surface area (Å²) in [6, 6.07) is 15.3. The van der Waals surface area contributed by atoms with Gasteiger partial charge in [-0.15, -0.1) is 11.3 Å². The normalized spacial score (nSPS) is 10.7. The molecule has 1 amide bonds. The van der Waals surface area contributed by atoms with Crippen molar-refractivity contribution in [2.75, 3.05) is 20.2 Å². The van der Waals surface area contributed by atoms with Gasteiger partial charge in [-0.05, 0) is 37.3 Å². The topological polar surface area (TPSA) is 42.4 Å². The number of nitrogens with zero attached hydrogens (tertiary/aromatic N) is 2. The van der Waals surface area contributed by atoms with Crippen LogP contribution in [-0.4, -0.2) is 36.0 Å². The maximum absolute atomic E-state index is 12.5. The molecule has 4 nitrogen and oxygen atoms in total. The molecular weight excluding hydrogens is 308 g/mol. The van der Waals surface area contributed by atoms with E-state index in [2.05, 4.69) is 4.98 Å². The minimum atomic E-state index is -0.00499. The second-order valence-corrected chi connectivity index (χ2v) is 6.54. The van der Waals surface area contributed by atoms with Crippen LogP contribution in [0.3, 0.4) is 0 Å². The standard InChI is InChI=1S/C18H18N2O2S/c1-13-19-16-9-8-14(12-17(16)23-13)18(21)20(2)10-11-22-15-6-4-3-5-7-15/h3-9,12H,10-11H2,1-2H3. The van der Waals surface area contributed by atoms with Crippen molar-refractivity contribution in [2.45, 2.75) is 6.92 Å². The van der Waals surface area contributed by atoms with Gasteiger partial charge in [0, 0.05) is 12.6 Å². The number of carbonyl (C=O) groups is 1. The zero-order chi connectivity index (χ0) is 16.2. The van der Waals surface area contributed by atoms with Crippen molar-refractivity contribution in [3.8, 4) is 5.75 Å². The van der Waals surface area contributed by atoms with Crippen LogP contribution in [0, 0.1) is 6.92 Å². The second kappa shape index (κ2) is 6.79. The van der Waals surface area contributed by atoms with E-state index in [1.165, 1.54) is 0 Å². The fourth-order valence-electron chi connectivity index (χ4n) is 2.31. The molecule has 0 saturated heterocycles. The second-order valence-electron chi connectivity index (χ2n) is 5.30. The van der Waals surface area contributed by atoms with Gasteiger partial charge in [0.15, 0.2) is 0 Å². The molecule has 0 N–H and O–H groups in total. The number of aromatic nitrogens is 1. The van der Waals surface area contributed by atoms with Crippen molar-refractivity contribution < 1.29 is 9.53 Å². The molecule has 0 spiro atoms. The van der Waals surface area contributed by atoms with Crippen molar-refractivity contribution in [2.24, 2.45) is 0 Å². The first-order chi connectivity index (χ1) is 11.1. The summed E-state index contributed by atoms with van der Waals surface area (Å²) in [6.07, 6.45) is 0. The van der Waals surface area contributed by atoms with Crippen LogP contribution in [-0.2, 0) is 0 Å². The molecule has 0 aliphatic rings. The van der Waals surface area contributed by atoms with E-state index in [4.69, 9.17) is 4.74 Å². The van der Waals surface area contributed by atoms with E-state index < -0.39 is 0 Å². The Morgan fingerprint density at radius 1 is 1.22 bits per heavy atom. The third-order valence-corrected chi connectivity index (χ3v) is 4.46. The van der Waals surface area contributed by atoms with Gasteiger partial charge in [-0.3, -0.25) is 4.79 Å². The quantitative estimate of drug-likeness (QED) is 0.717. The van der Waals surface area contributed by atoms with E-state index in [0.717, 1.165) is 21.0 Å². The summed E-state index contributed by atoms with van der Waals surface area (Å²) in [5, 5.41) is 1.01. The van der Waals surface area contributed by atoms with Gasteiger partial charge in [-0.2, -0.15) is 0 Å². The number of fused-ring (bicyclic) bond motifs is 1. The van der Waals surface area contributed by atoms with Crippen LogP contribution in [0.25, 0.3) is 10.2 Å². The van der Waals surface area contributed by atoms with Crippen LogP contribution in [0.5, 0.6) is 5.75 Å². The molecule has 0 saturated carbocycles. The summed E-state index contributed by atoms with van der Waals surface area (Å²) >= 11 is 1.60. The lowest BCUT2D eigenvalue weighted by Gasteiger charge is -2.17. The van der Waals surface area contributed by atoms with E-state index in [1.54, 1.807) is 23.3 Å². The number of para-hydroxylation sites is 1. The van der Waals surface area contributed by atoms with E-state index in [9.17, 15) is 4.79 Å². The molecular formula is C18H18N2O2S. The molecule has 0 aliphatic carbocycles. The first kappa shape index (κ1) is 15.5. The Balaban J connectivity index is 1.61. The lowest BCUT2D eigenvalue weighted by atomic mass is 10.2. The van der Waals surface area contributed by atoms with Gasteiger partial charge >= 0.3 is 0 Å². The molecule has 0 atom stereocenters. The number of amides is 1. The van der Waals surface area contributed by atoms with Gasteiger partial charge in [0.1, 0.15) is 12.4 Å². The van der Waals surface area contributed by atoms with Crippen LogP contribution in [0.15, 0.2) is 48.5 Å². The molecule has 0 unspecified atom stereocenters. The highest BCUT2D eigenvalue weighted by atomic mass is 32.1. The van der Waals surface area contributed by atoms with Gasteiger partial charge < -0.3 is 9.64 Å². The minimum Gasteiger partial charge on any atom is -0.492 e. The third-order valence-electron chi connectivity index (χ3n) is 3.53. The van der Waals surface area contributed by atoms with Crippen LogP contribution < -0.4 is 4.74 Å². The van der Waals surface area contributed by atoms with Crippen molar-refractivity contribution >= 4 is 27.5 Å². The molecule has 1 heterocycles. The monoisotopic (exact) mass is 326 g/mol. The number of aryl methyl sites for hydroxylation is 1. The van der Waals surface area contributed by atoms with Crippen molar-refractivity contribution in [3.05, 3.63) is 59.1 Å². The summed E-state index contributed by atoms with van der Waals surface area (Å²) in [4.78, 5) is 18.6. The highest BCUT2D eigenvalue weighted by Gasteiger charge is 2.13. The number of likely N-dealkylation sites (N-methyl/N-ethyl adjacent to an activating group) is 1. The Hall–Kier alpha value is -2.40. The van der Waals surface area contributed by atoms with E-state index in [-0.39, 0.29) is 5.91 Å². The smallest absolute Gasteiger partial charge is 0.253 e. The van der Waals surface area contributed by atoms with Crippen LogP contribution in [0.1, 0.15) is 15.4 Å². The maximum atomic E-state index is 12.5. The molecule has 118 valence electrons. The largest absolute Gasteiger partial charge is 0.492 e. The first-order valence-corrected chi connectivity index (χ1v) is 8.25. The summed E-state index contributed by atoms with van der Waals surface area (Å²) < 4.78 is 6.68. The molecule has 3 rings (SSSR count). The Bertz CT molecular complexity index is 814. The van der Waals surface area contributed by atoms with Crippen molar-refractivity contribution in [3.63, 3.8) is 0 Å². The average Bonchev–Trinajstić information content (AvgIpc) is 2.94. The fourth-order valence-corrected chi connectivity index (χ4v) is 3.18. The highest BCUT2D eigenvalue weighted by molar-refractivity contribution is 7.18. The molecule has 23 heavy (non-hydrogen) atoms. The van der Waals surface area contributed by atoms with E-state index in [1.807, 2.05) is 55.5 Å². The van der Waals surface area contributed by atoms with E-state index >= 15 is 0 Å². The minimum absolute atomic E-state index is 0.00499. The van der Waals surface area contributed by atoms with Gasteiger partial charge in [0.2, 0.25) is 0 Å². The molecule has 0 fully saturated rings. The summed E-state index contributed by atoms with van der Waals surface area (Å²) in [7, 11) is 1.79. The SMILES string of the molecule is Cc1nc2ccc(C(=O)N(C)CCOc3ccccc3)cc2s1. The lowest BCUT2D eigenvalue weighted by Crippen LogP contribution is -2.30. The zero-order valence-electron chi connectivity index (χ0n) is 13.2. The van der Waals surface area contributed by atoms with Crippen LogP contribution in [0.4, 0.5) is 0 Å². The first-order valence-electron chi connectivity index (χ1n) is 7.44. The molecule has 5 heteroatoms. The number of hydrogen-bond donors (Lipinski definition) is 0. The summed E-state index contributed by atoms with van der Waals surface area (Å²) in [5.74, 6) is 0.810. The van der Waals surface area contributed by atoms with Gasteiger partial charge in [0.25, 0.3) is 5.91 Å². The number of carbonyl (C=O) groups excluding carboxylic acids is 1. The molecule has 0 radical (unpaired) electrons. The molecule has 3 aromatic rings. The van der Waals surface area contributed by atoms with E-state index in [0.29, 0.717) is 18.7 Å². The van der Waals surface area contributed by atoms with Crippen LogP contribution >= 0.6 is 11.3 Å². The highest BCUT2D eigenvalue weighted by Crippen LogP contribution is 2.23. The number of thiazole rings is 1. The predicted molar refractivity (Wildman–Crippen MR) is 93.3 cm³/mol. The number of ether oxygens (including phenoxy) is 1. The maximum Gasteiger partial charge on any atom is 0.253 e. The van der Waals surface area contributed by atoms with Gasteiger partial charge in [-0.25, -0.2) is 4.98 Å². The third kappa shape index (κ3) is 3.68. The number of rotatable bonds is 5. The van der Waals surface area contributed by atoms with Crippen molar-refractivity contribution in [1.29, 1.82) is 0 Å². The Morgan fingerprint density at radius 2 is 2.00 bits per heavy atom. The van der Waals surface area contributed by atoms with Crippen molar-refractivity contribution in [1.82, 2.24) is 9.88 Å². The van der Waals surface area contributed by atoms with Gasteiger partial charge in [-0.1, -0.05) is 18.2 Å². The molecule has 1 aromatic heterocycles.